The van der Waals surface area contributed by atoms with E-state index in [0.29, 0.717) is 17.4 Å². The van der Waals surface area contributed by atoms with E-state index in [1.807, 2.05) is 27.2 Å². The van der Waals surface area contributed by atoms with Crippen LogP contribution < -0.4 is 5.32 Å². The third-order valence-corrected chi connectivity index (χ3v) is 16.1. The topological polar surface area (TPSA) is 105 Å². The van der Waals surface area contributed by atoms with E-state index in [0.717, 1.165) is 44.9 Å². The van der Waals surface area contributed by atoms with Gasteiger partial charge < -0.3 is 19.8 Å². The monoisotopic (exact) mass is 1080 g/mol. The number of aliphatic hydroxyl groups is 1. The van der Waals surface area contributed by atoms with Crippen molar-refractivity contribution >= 4 is 13.7 Å². The van der Waals surface area contributed by atoms with Gasteiger partial charge in [-0.3, -0.25) is 13.8 Å². The molecule has 0 heterocycles. The quantitative estimate of drug-likeness (QED) is 0.0243. The van der Waals surface area contributed by atoms with Crippen LogP contribution in [0.15, 0.2) is 36.5 Å². The molecule has 9 heteroatoms. The average Bonchev–Trinajstić information content (AvgIpc) is 3.37. The number of hydrogen-bond donors (Lipinski definition) is 3. The fraction of sp³-hybridized carbons (Fsp3) is 0.894. The van der Waals surface area contributed by atoms with Gasteiger partial charge in [-0.1, -0.05) is 307 Å². The highest BCUT2D eigenvalue weighted by Gasteiger charge is 2.28. The molecule has 0 aliphatic rings. The number of allylic oxidation sites excluding steroid dienone is 5. The molecule has 0 aliphatic carbocycles. The van der Waals surface area contributed by atoms with E-state index in [2.05, 4.69) is 43.5 Å². The van der Waals surface area contributed by atoms with Gasteiger partial charge in [0.2, 0.25) is 5.91 Å². The number of likely N-dealkylation sites (N-methyl/N-ethyl adjacent to an activating group) is 1. The number of carbonyl (C=O) groups excluding carboxylic acids is 1. The van der Waals surface area contributed by atoms with E-state index in [1.54, 1.807) is 6.08 Å². The third-order valence-electron chi connectivity index (χ3n) is 15.1. The van der Waals surface area contributed by atoms with Crippen LogP contribution in [0, 0.1) is 0 Å². The van der Waals surface area contributed by atoms with Gasteiger partial charge in [0.25, 0.3) is 0 Å². The Labute approximate surface area is 467 Å². The van der Waals surface area contributed by atoms with Gasteiger partial charge in [0.15, 0.2) is 0 Å². The van der Waals surface area contributed by atoms with Crippen molar-refractivity contribution < 1.29 is 32.9 Å². The molecule has 3 unspecified atom stereocenters. The van der Waals surface area contributed by atoms with Gasteiger partial charge in [0, 0.05) is 6.42 Å². The lowest BCUT2D eigenvalue weighted by molar-refractivity contribution is -0.870. The van der Waals surface area contributed by atoms with E-state index in [9.17, 15) is 19.4 Å². The minimum atomic E-state index is -4.35. The number of nitrogens with zero attached hydrogens (tertiary/aromatic N) is 1. The zero-order valence-corrected chi connectivity index (χ0v) is 51.7. The number of unbranched alkanes of at least 4 members (excludes halogenated alkanes) is 44. The summed E-state index contributed by atoms with van der Waals surface area (Å²) in [5.41, 5.74) is 0. The van der Waals surface area contributed by atoms with Crippen LogP contribution in [0.25, 0.3) is 0 Å². The molecule has 0 spiro atoms. The predicted molar refractivity (Wildman–Crippen MR) is 328 cm³/mol. The van der Waals surface area contributed by atoms with Gasteiger partial charge >= 0.3 is 7.82 Å². The minimum Gasteiger partial charge on any atom is -0.387 e. The SMILES string of the molecule is CCCCCCCCCCC/C=C\C/C=C\CCCCCCCCCCCCCCCCCCCC(=O)NC(COP(=O)(O)OCC[N+](C)(C)C)C(O)/C=C/CCCCCCCCCCCCCCCCCCCC. The Kier molecular flexibility index (Phi) is 56.4. The molecule has 0 aliphatic heterocycles. The van der Waals surface area contributed by atoms with Crippen molar-refractivity contribution in [1.82, 2.24) is 5.32 Å². The summed E-state index contributed by atoms with van der Waals surface area (Å²) < 4.78 is 23.8. The van der Waals surface area contributed by atoms with Crippen molar-refractivity contribution in [1.29, 1.82) is 0 Å². The number of amides is 1. The Morgan fingerprint density at radius 2 is 0.760 bits per heavy atom. The van der Waals surface area contributed by atoms with Crippen LogP contribution in [0.1, 0.15) is 328 Å². The van der Waals surface area contributed by atoms with Crippen LogP contribution in [0.5, 0.6) is 0 Å². The normalized spacial score (nSPS) is 14.0. The van der Waals surface area contributed by atoms with Crippen molar-refractivity contribution in [2.75, 3.05) is 40.9 Å². The summed E-state index contributed by atoms with van der Waals surface area (Å²) in [6, 6.07) is -0.846. The van der Waals surface area contributed by atoms with Gasteiger partial charge in [-0.2, -0.15) is 0 Å². The molecule has 3 atom stereocenters. The van der Waals surface area contributed by atoms with E-state index >= 15 is 0 Å². The lowest BCUT2D eigenvalue weighted by Gasteiger charge is -2.25. The molecule has 0 radical (unpaired) electrons. The van der Waals surface area contributed by atoms with E-state index in [-0.39, 0.29) is 19.1 Å². The first-order valence-corrected chi connectivity index (χ1v) is 34.4. The zero-order chi connectivity index (χ0) is 54.9. The van der Waals surface area contributed by atoms with Gasteiger partial charge in [-0.25, -0.2) is 4.57 Å². The first-order valence-electron chi connectivity index (χ1n) is 32.9. The molecule has 75 heavy (non-hydrogen) atoms. The Bertz CT molecular complexity index is 1320. The summed E-state index contributed by atoms with van der Waals surface area (Å²) in [4.78, 5) is 23.4. The van der Waals surface area contributed by atoms with Gasteiger partial charge in [-0.05, 0) is 51.4 Å². The summed E-state index contributed by atoms with van der Waals surface area (Å²) in [5.74, 6) is -0.171. The molecule has 0 aromatic carbocycles. The maximum absolute atomic E-state index is 13.0. The summed E-state index contributed by atoms with van der Waals surface area (Å²) in [6.07, 6.45) is 75.6. The Morgan fingerprint density at radius 3 is 1.09 bits per heavy atom. The van der Waals surface area contributed by atoms with Gasteiger partial charge in [-0.15, -0.1) is 0 Å². The molecule has 0 aromatic heterocycles. The highest BCUT2D eigenvalue weighted by atomic mass is 31.2. The van der Waals surface area contributed by atoms with E-state index in [1.165, 1.54) is 263 Å². The number of hydrogen-bond acceptors (Lipinski definition) is 5. The van der Waals surface area contributed by atoms with Crippen LogP contribution in [-0.4, -0.2) is 73.4 Å². The summed E-state index contributed by atoms with van der Waals surface area (Å²) in [6.45, 7) is 4.86. The maximum Gasteiger partial charge on any atom is 0.472 e. The first kappa shape index (κ1) is 73.7. The van der Waals surface area contributed by atoms with Crippen molar-refractivity contribution in [2.45, 2.75) is 341 Å². The van der Waals surface area contributed by atoms with E-state index < -0.39 is 20.0 Å². The zero-order valence-electron chi connectivity index (χ0n) is 50.8. The third kappa shape index (κ3) is 60.2. The summed E-state index contributed by atoms with van der Waals surface area (Å²) in [7, 11) is 1.59. The number of carbonyl (C=O) groups is 1. The molecule has 0 bridgehead atoms. The number of rotatable bonds is 61. The number of nitrogens with one attached hydrogen (secondary N) is 1. The van der Waals surface area contributed by atoms with Crippen LogP contribution in [-0.2, 0) is 18.4 Å². The molecule has 1 amide bonds. The molecular weight excluding hydrogens is 948 g/mol. The lowest BCUT2D eigenvalue weighted by atomic mass is 10.0. The second-order valence-electron chi connectivity index (χ2n) is 23.8. The number of phosphoric acid groups is 1. The van der Waals surface area contributed by atoms with Crippen LogP contribution in [0.4, 0.5) is 0 Å². The van der Waals surface area contributed by atoms with Crippen LogP contribution >= 0.6 is 7.82 Å². The molecule has 0 saturated heterocycles. The Morgan fingerprint density at radius 1 is 0.453 bits per heavy atom. The smallest absolute Gasteiger partial charge is 0.387 e. The van der Waals surface area contributed by atoms with Gasteiger partial charge in [0.1, 0.15) is 13.2 Å². The molecular formula is C66H130N2O6P+. The molecule has 0 saturated carbocycles. The lowest BCUT2D eigenvalue weighted by Crippen LogP contribution is -2.45. The standard InChI is InChI=1S/C66H129N2O6P/c1-6-8-10-12-14-16-18-20-22-24-26-28-29-30-31-32-33-34-35-36-37-38-39-40-42-44-46-48-50-52-54-56-58-60-66(70)67-64(63-74-75(71,72)73-62-61-68(3,4)5)65(69)59-57-55-53-51-49-47-45-43-41-27-25-23-21-19-17-15-13-11-9-7-2/h26,28,30-31,57,59,64-65,69H,6-25,27,29,32-56,58,60-63H2,1-5H3,(H-,67,70,71,72)/p+1/b28-26-,31-30-,59-57+. The van der Waals surface area contributed by atoms with Gasteiger partial charge in [0.05, 0.1) is 39.9 Å². The first-order chi connectivity index (χ1) is 36.5. The molecule has 444 valence electrons. The van der Waals surface area contributed by atoms with E-state index in [4.69, 9.17) is 9.05 Å². The van der Waals surface area contributed by atoms with Crippen LogP contribution in [0.3, 0.4) is 0 Å². The molecule has 0 rings (SSSR count). The largest absolute Gasteiger partial charge is 0.472 e. The fourth-order valence-electron chi connectivity index (χ4n) is 9.96. The molecule has 3 N–H and O–H groups in total. The molecule has 8 nitrogen and oxygen atoms in total. The second-order valence-corrected chi connectivity index (χ2v) is 25.3. The number of quaternary nitrogens is 1. The fourth-order valence-corrected chi connectivity index (χ4v) is 10.7. The Balaban J connectivity index is 4.05. The summed E-state index contributed by atoms with van der Waals surface area (Å²) >= 11 is 0. The van der Waals surface area contributed by atoms with Crippen molar-refractivity contribution in [3.8, 4) is 0 Å². The minimum absolute atomic E-state index is 0.0631. The highest BCUT2D eigenvalue weighted by molar-refractivity contribution is 7.47. The maximum atomic E-state index is 13.0. The Hall–Kier alpha value is -1.28. The van der Waals surface area contributed by atoms with Crippen molar-refractivity contribution in [3.63, 3.8) is 0 Å². The highest BCUT2D eigenvalue weighted by Crippen LogP contribution is 2.43. The molecule has 0 aromatic rings. The average molecular weight is 1080 g/mol. The number of phosphoric ester groups is 1. The van der Waals surface area contributed by atoms with Crippen LogP contribution in [0.2, 0.25) is 0 Å². The predicted octanol–water partition coefficient (Wildman–Crippen LogP) is 20.5. The summed E-state index contributed by atoms with van der Waals surface area (Å²) in [5, 5.41) is 14.0. The number of aliphatic hydroxyl groups excluding tert-OH is 1. The second kappa shape index (κ2) is 57.4. The van der Waals surface area contributed by atoms with Crippen molar-refractivity contribution in [3.05, 3.63) is 36.5 Å². The molecule has 0 fully saturated rings. The van der Waals surface area contributed by atoms with Crippen molar-refractivity contribution in [2.24, 2.45) is 0 Å².